The third-order valence-corrected chi connectivity index (χ3v) is 7.26. The molecule has 1 aliphatic heterocycles. The summed E-state index contributed by atoms with van der Waals surface area (Å²) in [6, 6.07) is 25.2. The number of aliphatic imine (C=N–C) groups is 1. The van der Waals surface area contributed by atoms with Gasteiger partial charge in [-0.3, -0.25) is 4.79 Å². The van der Waals surface area contributed by atoms with Gasteiger partial charge in [-0.2, -0.15) is 0 Å². The highest BCUT2D eigenvalue weighted by Crippen LogP contribution is 2.39. The number of carbonyl (C=O) groups is 1. The topological polar surface area (TPSA) is 59.9 Å². The molecule has 180 valence electrons. The minimum absolute atomic E-state index is 0.209. The molecular weight excluding hydrogens is 560 g/mol. The quantitative estimate of drug-likeness (QED) is 0.237. The molecular formula is C28H20BrClN2O3S. The molecule has 0 radical (unpaired) electrons. The van der Waals surface area contributed by atoms with Crippen LogP contribution in [-0.2, 0) is 11.4 Å². The van der Waals surface area contributed by atoms with E-state index in [-0.39, 0.29) is 5.91 Å². The molecule has 1 heterocycles. The Morgan fingerprint density at radius 3 is 2.64 bits per heavy atom. The molecule has 1 aliphatic rings. The minimum atomic E-state index is -0.209. The highest BCUT2D eigenvalue weighted by molar-refractivity contribution is 9.10. The number of hydrogen-bond acceptors (Lipinski definition) is 5. The second-order valence-corrected chi connectivity index (χ2v) is 10.2. The van der Waals surface area contributed by atoms with Crippen LogP contribution >= 0.6 is 39.3 Å². The van der Waals surface area contributed by atoms with Crippen molar-refractivity contribution in [2.45, 2.75) is 6.61 Å². The van der Waals surface area contributed by atoms with Gasteiger partial charge in [-0.15, -0.1) is 0 Å². The Morgan fingerprint density at radius 2 is 1.83 bits per heavy atom. The van der Waals surface area contributed by atoms with Crippen LogP contribution < -0.4 is 14.8 Å². The van der Waals surface area contributed by atoms with E-state index in [1.807, 2.05) is 30.3 Å². The zero-order chi connectivity index (χ0) is 25.1. The molecule has 1 amide bonds. The standard InChI is InChI=1S/C28H20BrClN2O3S/c1-34-24-14-17(15-25-27(33)32-28(36-25)31-21-11-9-20(30)10-12-21)13-23(29)26(24)35-16-19-7-4-6-18-5-2-3-8-22(18)19/h2-15H,16H2,1H3,(H,31,32,33)/b25-15+. The fraction of sp³-hybridized carbons (Fsp3) is 0.0714. The van der Waals surface area contributed by atoms with Crippen molar-refractivity contribution in [3.05, 3.63) is 104 Å². The molecule has 0 atom stereocenters. The lowest BCUT2D eigenvalue weighted by atomic mass is 10.1. The van der Waals surface area contributed by atoms with Gasteiger partial charge in [0.05, 0.1) is 22.2 Å². The summed E-state index contributed by atoms with van der Waals surface area (Å²) in [6.07, 6.45) is 1.80. The Morgan fingerprint density at radius 1 is 1.06 bits per heavy atom. The van der Waals surface area contributed by atoms with Crippen molar-refractivity contribution in [3.63, 3.8) is 0 Å². The molecule has 8 heteroatoms. The molecule has 0 saturated carbocycles. The number of thioether (sulfide) groups is 1. The van der Waals surface area contributed by atoms with Crippen LogP contribution in [0, 0.1) is 0 Å². The number of halogens is 2. The summed E-state index contributed by atoms with van der Waals surface area (Å²) in [5.41, 5.74) is 2.59. The first-order chi connectivity index (χ1) is 17.5. The number of fused-ring (bicyclic) bond motifs is 1. The van der Waals surface area contributed by atoms with Gasteiger partial charge in [0.2, 0.25) is 0 Å². The largest absolute Gasteiger partial charge is 0.493 e. The molecule has 1 fully saturated rings. The Kier molecular flexibility index (Phi) is 7.32. The summed E-state index contributed by atoms with van der Waals surface area (Å²) in [5.74, 6) is 0.954. The van der Waals surface area contributed by atoms with E-state index in [4.69, 9.17) is 21.1 Å². The summed E-state index contributed by atoms with van der Waals surface area (Å²) in [6.45, 7) is 0.388. The number of rotatable bonds is 6. The fourth-order valence-electron chi connectivity index (χ4n) is 3.80. The summed E-state index contributed by atoms with van der Waals surface area (Å²) >= 11 is 10.8. The van der Waals surface area contributed by atoms with E-state index in [9.17, 15) is 4.79 Å². The number of amides is 1. The van der Waals surface area contributed by atoms with Crippen molar-refractivity contribution in [3.8, 4) is 11.5 Å². The maximum Gasteiger partial charge on any atom is 0.264 e. The van der Waals surface area contributed by atoms with Gasteiger partial charge in [-0.05, 0) is 92.1 Å². The summed E-state index contributed by atoms with van der Waals surface area (Å²) in [4.78, 5) is 17.5. The molecule has 4 aromatic rings. The van der Waals surface area contributed by atoms with Gasteiger partial charge in [0.15, 0.2) is 16.7 Å². The van der Waals surface area contributed by atoms with Crippen LogP contribution in [0.3, 0.4) is 0 Å². The second kappa shape index (κ2) is 10.8. The SMILES string of the molecule is COc1cc(/C=C2/SC(=Nc3ccc(Cl)cc3)NC2=O)cc(Br)c1OCc1cccc2ccccc12. The number of nitrogens with one attached hydrogen (secondary N) is 1. The van der Waals surface area contributed by atoms with Crippen LogP contribution in [0.1, 0.15) is 11.1 Å². The van der Waals surface area contributed by atoms with E-state index < -0.39 is 0 Å². The van der Waals surface area contributed by atoms with E-state index in [1.165, 1.54) is 11.8 Å². The van der Waals surface area contributed by atoms with E-state index in [1.54, 1.807) is 37.5 Å². The average Bonchev–Trinajstić information content (AvgIpc) is 3.22. The van der Waals surface area contributed by atoms with Crippen molar-refractivity contribution < 1.29 is 14.3 Å². The Hall–Kier alpha value is -3.26. The Bertz CT molecular complexity index is 1510. The lowest BCUT2D eigenvalue weighted by Gasteiger charge is -2.15. The predicted octanol–water partition coefficient (Wildman–Crippen LogP) is 7.73. The van der Waals surface area contributed by atoms with Gasteiger partial charge in [-0.25, -0.2) is 4.99 Å². The number of hydrogen-bond donors (Lipinski definition) is 1. The molecule has 36 heavy (non-hydrogen) atoms. The molecule has 5 rings (SSSR count). The number of amidine groups is 1. The molecule has 1 saturated heterocycles. The monoisotopic (exact) mass is 578 g/mol. The predicted molar refractivity (Wildman–Crippen MR) is 151 cm³/mol. The number of carbonyl (C=O) groups excluding carboxylic acids is 1. The molecule has 1 N–H and O–H groups in total. The smallest absolute Gasteiger partial charge is 0.264 e. The first kappa shape index (κ1) is 24.4. The van der Waals surface area contributed by atoms with Gasteiger partial charge < -0.3 is 14.8 Å². The lowest BCUT2D eigenvalue weighted by molar-refractivity contribution is -0.115. The molecule has 0 unspecified atom stereocenters. The lowest BCUT2D eigenvalue weighted by Crippen LogP contribution is -2.19. The summed E-state index contributed by atoms with van der Waals surface area (Å²) < 4.78 is 12.5. The molecule has 0 spiro atoms. The number of benzene rings is 4. The van der Waals surface area contributed by atoms with Gasteiger partial charge >= 0.3 is 0 Å². The third-order valence-electron chi connectivity index (χ3n) is 5.51. The Labute approximate surface area is 226 Å². The van der Waals surface area contributed by atoms with E-state index in [0.29, 0.717) is 38.9 Å². The van der Waals surface area contributed by atoms with Crippen molar-refractivity contribution in [1.29, 1.82) is 0 Å². The van der Waals surface area contributed by atoms with E-state index >= 15 is 0 Å². The van der Waals surface area contributed by atoms with Gasteiger partial charge in [-0.1, -0.05) is 54.1 Å². The normalized spacial score (nSPS) is 15.5. The second-order valence-electron chi connectivity index (χ2n) is 7.92. The number of nitrogens with zero attached hydrogens (tertiary/aromatic N) is 1. The van der Waals surface area contributed by atoms with E-state index in [2.05, 4.69) is 50.5 Å². The van der Waals surface area contributed by atoms with Crippen LogP contribution in [0.5, 0.6) is 11.5 Å². The average molecular weight is 580 g/mol. The number of methoxy groups -OCH3 is 1. The molecule has 0 aliphatic carbocycles. The maximum atomic E-state index is 12.5. The molecule has 5 nitrogen and oxygen atoms in total. The van der Waals surface area contributed by atoms with Crippen LogP contribution in [0.4, 0.5) is 5.69 Å². The zero-order valence-electron chi connectivity index (χ0n) is 19.1. The van der Waals surface area contributed by atoms with Gasteiger partial charge in [0.25, 0.3) is 5.91 Å². The van der Waals surface area contributed by atoms with Crippen LogP contribution in [-0.4, -0.2) is 18.2 Å². The summed E-state index contributed by atoms with van der Waals surface area (Å²) in [5, 5.41) is 6.25. The van der Waals surface area contributed by atoms with Crippen LogP contribution in [0.2, 0.25) is 5.02 Å². The third kappa shape index (κ3) is 5.43. The van der Waals surface area contributed by atoms with Crippen molar-refractivity contribution in [1.82, 2.24) is 5.32 Å². The van der Waals surface area contributed by atoms with Crippen molar-refractivity contribution >= 4 is 72.9 Å². The minimum Gasteiger partial charge on any atom is -0.493 e. The molecule has 4 aromatic carbocycles. The highest BCUT2D eigenvalue weighted by atomic mass is 79.9. The molecule has 0 bridgehead atoms. The molecule has 0 aromatic heterocycles. The van der Waals surface area contributed by atoms with Crippen LogP contribution in [0.15, 0.2) is 93.2 Å². The number of ether oxygens (including phenoxy) is 2. The highest BCUT2D eigenvalue weighted by Gasteiger charge is 2.24. The van der Waals surface area contributed by atoms with Crippen LogP contribution in [0.25, 0.3) is 16.8 Å². The zero-order valence-corrected chi connectivity index (χ0v) is 22.3. The maximum absolute atomic E-state index is 12.5. The first-order valence-corrected chi connectivity index (χ1v) is 13.0. The Balaban J connectivity index is 1.36. The van der Waals surface area contributed by atoms with E-state index in [0.717, 1.165) is 26.4 Å². The van der Waals surface area contributed by atoms with Gasteiger partial charge in [0, 0.05) is 5.02 Å². The van der Waals surface area contributed by atoms with Gasteiger partial charge in [0.1, 0.15) is 6.61 Å². The van der Waals surface area contributed by atoms with Crippen molar-refractivity contribution in [2.75, 3.05) is 7.11 Å². The summed E-state index contributed by atoms with van der Waals surface area (Å²) in [7, 11) is 1.59. The fourth-order valence-corrected chi connectivity index (χ4v) is 5.34. The van der Waals surface area contributed by atoms with Crippen molar-refractivity contribution in [2.24, 2.45) is 4.99 Å². The first-order valence-electron chi connectivity index (χ1n) is 11.0.